The van der Waals surface area contributed by atoms with Crippen LogP contribution in [0.1, 0.15) is 32.2 Å². The van der Waals surface area contributed by atoms with Crippen molar-refractivity contribution in [3.05, 3.63) is 23.5 Å². The molecule has 0 bridgehead atoms. The van der Waals surface area contributed by atoms with Crippen LogP contribution in [-0.2, 0) is 19.5 Å². The van der Waals surface area contributed by atoms with E-state index >= 15 is 0 Å². The monoisotopic (exact) mass is 687 g/mol. The van der Waals surface area contributed by atoms with Crippen molar-refractivity contribution in [2.45, 2.75) is 75.4 Å². The van der Waals surface area contributed by atoms with Gasteiger partial charge in [0.05, 0.1) is 42.7 Å². The van der Waals surface area contributed by atoms with Crippen molar-refractivity contribution >= 4 is 46.9 Å². The van der Waals surface area contributed by atoms with Crippen LogP contribution >= 0.6 is 11.3 Å². The first-order chi connectivity index (χ1) is 21.0. The van der Waals surface area contributed by atoms with E-state index < -0.39 is 53.2 Å². The van der Waals surface area contributed by atoms with Gasteiger partial charge in [0, 0.05) is 34.0 Å². The second kappa shape index (κ2) is 12.4. The van der Waals surface area contributed by atoms with E-state index in [-0.39, 0.29) is 42.9 Å². The first kappa shape index (κ1) is 33.6. The molecule has 0 aliphatic carbocycles. The molecule has 0 unspecified atom stereocenters. The Morgan fingerprint density at radius 2 is 1.91 bits per heavy atom. The minimum Gasteiger partial charge on any atom is -0.465 e. The summed E-state index contributed by atoms with van der Waals surface area (Å²) in [6, 6.07) is 1.60. The van der Waals surface area contributed by atoms with Crippen molar-refractivity contribution < 1.29 is 36.6 Å². The molecule has 1 amide bonds. The summed E-state index contributed by atoms with van der Waals surface area (Å²) in [7, 11) is -5.64. The number of amides is 1. The van der Waals surface area contributed by atoms with Crippen LogP contribution in [0.4, 0.5) is 19.3 Å². The van der Waals surface area contributed by atoms with Gasteiger partial charge in [-0.25, -0.2) is 27.0 Å². The maximum atomic E-state index is 14.5. The van der Waals surface area contributed by atoms with Crippen LogP contribution in [0, 0.1) is 0 Å². The fourth-order valence-electron chi connectivity index (χ4n) is 5.61. The molecular formula is C27H39F2N7O6S2Si. The topological polar surface area (TPSA) is 143 Å². The smallest absolute Gasteiger partial charge is 0.407 e. The third kappa shape index (κ3) is 6.71. The predicted octanol–water partition coefficient (Wildman–Crippen LogP) is 4.46. The van der Waals surface area contributed by atoms with Crippen molar-refractivity contribution in [3.63, 3.8) is 0 Å². The maximum Gasteiger partial charge on any atom is 0.407 e. The van der Waals surface area contributed by atoms with Crippen LogP contribution in [0.25, 0.3) is 16.3 Å². The molecule has 5 heterocycles. The highest BCUT2D eigenvalue weighted by atomic mass is 32.2. The predicted molar refractivity (Wildman–Crippen MR) is 167 cm³/mol. The highest BCUT2D eigenvalue weighted by Gasteiger charge is 2.47. The first-order valence-corrected chi connectivity index (χ1v) is 20.6. The van der Waals surface area contributed by atoms with Gasteiger partial charge in [-0.2, -0.15) is 4.31 Å². The van der Waals surface area contributed by atoms with Crippen LogP contribution in [0.3, 0.4) is 0 Å². The molecule has 2 aliphatic rings. The summed E-state index contributed by atoms with van der Waals surface area (Å²) in [5.41, 5.74) is 0.289. The van der Waals surface area contributed by atoms with Crippen molar-refractivity contribution in [2.75, 3.05) is 44.5 Å². The Morgan fingerprint density at radius 3 is 2.44 bits per heavy atom. The third-order valence-electron chi connectivity index (χ3n) is 8.11. The fourth-order valence-corrected chi connectivity index (χ4v) is 8.73. The summed E-state index contributed by atoms with van der Waals surface area (Å²) in [5, 5.41) is 17.0. The Bertz CT molecular complexity index is 1650. The molecule has 0 aromatic carbocycles. The zero-order valence-electron chi connectivity index (χ0n) is 26.1. The molecule has 2 atom stereocenters. The normalized spacial score (nSPS) is 20.8. The lowest BCUT2D eigenvalue weighted by molar-refractivity contribution is -0.124. The van der Waals surface area contributed by atoms with Gasteiger partial charge in [-0.15, -0.1) is 10.2 Å². The van der Waals surface area contributed by atoms with Crippen LogP contribution in [0.15, 0.2) is 23.4 Å². The van der Waals surface area contributed by atoms with E-state index in [9.17, 15) is 27.1 Å². The van der Waals surface area contributed by atoms with Gasteiger partial charge in [-0.1, -0.05) is 31.0 Å². The number of pyridine rings is 1. The Hall–Kier alpha value is -2.77. The third-order valence-corrected chi connectivity index (χ3v) is 12.7. The molecule has 0 radical (unpaired) electrons. The minimum atomic E-state index is -4.22. The van der Waals surface area contributed by atoms with Gasteiger partial charge in [-0.05, 0) is 32.9 Å². The van der Waals surface area contributed by atoms with E-state index in [4.69, 9.17) is 9.47 Å². The number of hydrogen-bond acceptors (Lipinski definition) is 10. The van der Waals surface area contributed by atoms with E-state index in [0.717, 1.165) is 6.04 Å². The largest absolute Gasteiger partial charge is 0.465 e. The molecule has 0 saturated carbocycles. The number of carboxylic acid groups (broad SMARTS) is 1. The zero-order chi connectivity index (χ0) is 32.9. The molecule has 45 heavy (non-hydrogen) atoms. The summed E-state index contributed by atoms with van der Waals surface area (Å²) in [6.07, 6.45) is -0.983. The van der Waals surface area contributed by atoms with E-state index in [1.165, 1.54) is 26.0 Å². The number of imidazole rings is 1. The van der Waals surface area contributed by atoms with Crippen molar-refractivity contribution in [1.29, 1.82) is 0 Å². The first-order valence-electron chi connectivity index (χ1n) is 14.6. The SMILES string of the molecule is C[C@H]1CN(c2cc(S(=O)(=O)N(COCC[Si](C)(C)C)C3(C)COC3)cn3c(-c4nnc(C(F)F)s4)cnc23)C[C@H](C)N1C(=O)O. The standard InChI is InChI=1S/C27H39F2N7O6S2Si/c1-17-11-33(12-18(2)36(17)26(37)38)20-9-19(13-34-21(10-30-23(20)34)24-31-32-25(43-24)22(28)29)44(39,40)35(27(3)14-42-15-27)16-41-7-8-45(4,5)6/h9-10,13,17-18,22H,7-8,11-12,14-16H2,1-6H3,(H,37,38)/t17-,18-/m0/s1. The molecule has 5 rings (SSSR count). The van der Waals surface area contributed by atoms with Gasteiger partial charge in [0.25, 0.3) is 6.43 Å². The van der Waals surface area contributed by atoms with Gasteiger partial charge in [-0.3, -0.25) is 9.30 Å². The molecular weight excluding hydrogens is 649 g/mol. The molecule has 13 nitrogen and oxygen atoms in total. The van der Waals surface area contributed by atoms with Crippen LogP contribution in [-0.4, -0.2) is 114 Å². The van der Waals surface area contributed by atoms with Gasteiger partial charge in [0.1, 0.15) is 17.3 Å². The number of sulfonamides is 1. The summed E-state index contributed by atoms with van der Waals surface area (Å²) >= 11 is 0.700. The molecule has 18 heteroatoms. The lowest BCUT2D eigenvalue weighted by Crippen LogP contribution is -2.62. The number of ether oxygens (including phenoxy) is 2. The van der Waals surface area contributed by atoms with Crippen molar-refractivity contribution in [2.24, 2.45) is 0 Å². The average molecular weight is 688 g/mol. The molecule has 2 aliphatic heterocycles. The van der Waals surface area contributed by atoms with Crippen LogP contribution in [0.5, 0.6) is 0 Å². The van der Waals surface area contributed by atoms with Crippen molar-refractivity contribution in [1.82, 2.24) is 28.8 Å². The fraction of sp³-hybridized carbons (Fsp3) is 0.630. The number of nitrogens with zero attached hydrogens (tertiary/aromatic N) is 7. The van der Waals surface area contributed by atoms with Gasteiger partial charge >= 0.3 is 6.09 Å². The molecule has 3 aromatic heterocycles. The maximum absolute atomic E-state index is 14.5. The van der Waals surface area contributed by atoms with Crippen LogP contribution in [0.2, 0.25) is 25.7 Å². The highest BCUT2D eigenvalue weighted by molar-refractivity contribution is 7.89. The Balaban J connectivity index is 1.61. The molecule has 248 valence electrons. The molecule has 1 N–H and O–H groups in total. The van der Waals surface area contributed by atoms with Crippen LogP contribution < -0.4 is 4.90 Å². The number of carbonyl (C=O) groups is 1. The van der Waals surface area contributed by atoms with Crippen molar-refractivity contribution in [3.8, 4) is 10.7 Å². The lowest BCUT2D eigenvalue weighted by atomic mass is 10.0. The van der Waals surface area contributed by atoms with E-state index in [1.807, 2.05) is 4.90 Å². The number of piperazine rings is 1. The second-order valence-corrected chi connectivity index (χ2v) is 21.6. The number of rotatable bonds is 11. The number of halogens is 2. The number of anilines is 1. The summed E-state index contributed by atoms with van der Waals surface area (Å²) in [5.74, 6) is 0. The Morgan fingerprint density at radius 1 is 1.24 bits per heavy atom. The zero-order valence-corrected chi connectivity index (χ0v) is 28.7. The van der Waals surface area contributed by atoms with Gasteiger partial charge < -0.3 is 19.5 Å². The molecule has 2 saturated heterocycles. The molecule has 2 fully saturated rings. The van der Waals surface area contributed by atoms with E-state index in [1.54, 1.807) is 26.8 Å². The van der Waals surface area contributed by atoms with E-state index in [2.05, 4.69) is 34.8 Å². The number of aromatic nitrogens is 4. The van der Waals surface area contributed by atoms with E-state index in [0.29, 0.717) is 35.0 Å². The summed E-state index contributed by atoms with van der Waals surface area (Å²) in [6.45, 7) is 13.2. The number of alkyl halides is 2. The lowest BCUT2D eigenvalue weighted by Gasteiger charge is -2.46. The summed E-state index contributed by atoms with van der Waals surface area (Å²) in [4.78, 5) is 19.7. The number of hydrogen-bond donors (Lipinski definition) is 1. The Kier molecular flexibility index (Phi) is 9.29. The summed E-state index contributed by atoms with van der Waals surface area (Å²) < 4.78 is 70.0. The van der Waals surface area contributed by atoms with Gasteiger partial charge in [0.15, 0.2) is 15.7 Å². The highest BCUT2D eigenvalue weighted by Crippen LogP contribution is 2.37. The molecule has 3 aromatic rings. The van der Waals surface area contributed by atoms with Gasteiger partial charge in [0.2, 0.25) is 10.0 Å². The molecule has 0 spiro atoms. The second-order valence-electron chi connectivity index (χ2n) is 13.1. The minimum absolute atomic E-state index is 0.0641. The average Bonchev–Trinajstić information content (AvgIpc) is 3.57. The Labute approximate surface area is 265 Å². The quantitative estimate of drug-likeness (QED) is 0.174. The number of fused-ring (bicyclic) bond motifs is 1.